The lowest BCUT2D eigenvalue weighted by Gasteiger charge is -2.13. The molecular weight excluding hydrogens is 493 g/mol. The van der Waals surface area contributed by atoms with Gasteiger partial charge < -0.3 is 14.6 Å². The molecule has 0 spiro atoms. The standard InChI is InChI=1S/C21H17BrFNO6S/c1-2-29-16-7-13(15(22)9-17(16)30-11-19(25)26)8-18-20(27)24(21(28)31-18)10-12-3-5-14(23)6-4-12/h3-9H,2,10-11H2,1H3,(H,25,26)/b18-8+. The zero-order valence-corrected chi connectivity index (χ0v) is 18.7. The van der Waals surface area contributed by atoms with E-state index >= 15 is 0 Å². The van der Waals surface area contributed by atoms with E-state index < -0.39 is 29.5 Å². The highest BCUT2D eigenvalue weighted by molar-refractivity contribution is 9.10. The van der Waals surface area contributed by atoms with Crippen LogP contribution in [-0.2, 0) is 16.1 Å². The number of aliphatic carboxylic acids is 1. The Morgan fingerprint density at radius 2 is 1.87 bits per heavy atom. The summed E-state index contributed by atoms with van der Waals surface area (Å²) in [6.45, 7) is 1.59. The topological polar surface area (TPSA) is 93.1 Å². The zero-order valence-electron chi connectivity index (χ0n) is 16.3. The Morgan fingerprint density at radius 1 is 1.19 bits per heavy atom. The number of thioether (sulfide) groups is 1. The van der Waals surface area contributed by atoms with Crippen molar-refractivity contribution in [1.82, 2.24) is 4.90 Å². The average Bonchev–Trinajstić information content (AvgIpc) is 2.98. The maximum Gasteiger partial charge on any atom is 0.341 e. The van der Waals surface area contributed by atoms with Gasteiger partial charge in [0, 0.05) is 4.47 Å². The number of carbonyl (C=O) groups excluding carboxylic acids is 2. The molecule has 7 nitrogen and oxygen atoms in total. The molecule has 1 N–H and O–H groups in total. The van der Waals surface area contributed by atoms with Crippen molar-refractivity contribution in [2.45, 2.75) is 13.5 Å². The Hall–Kier alpha value is -2.85. The maximum absolute atomic E-state index is 13.1. The second-order valence-electron chi connectivity index (χ2n) is 6.33. The van der Waals surface area contributed by atoms with Crippen LogP contribution in [0, 0.1) is 5.82 Å². The fraction of sp³-hybridized carbons (Fsp3) is 0.190. The summed E-state index contributed by atoms with van der Waals surface area (Å²) in [6, 6.07) is 8.71. The first kappa shape index (κ1) is 22.8. The molecule has 1 heterocycles. The molecule has 1 aliphatic heterocycles. The van der Waals surface area contributed by atoms with E-state index in [9.17, 15) is 18.8 Å². The molecule has 1 saturated heterocycles. The number of carbonyl (C=O) groups is 3. The summed E-state index contributed by atoms with van der Waals surface area (Å²) in [5.74, 6) is -1.45. The first-order valence-electron chi connectivity index (χ1n) is 9.09. The summed E-state index contributed by atoms with van der Waals surface area (Å²) in [5.41, 5.74) is 1.18. The summed E-state index contributed by atoms with van der Waals surface area (Å²) >= 11 is 4.17. The van der Waals surface area contributed by atoms with Crippen LogP contribution in [0.1, 0.15) is 18.1 Å². The SMILES string of the molecule is CCOc1cc(/C=C2/SC(=O)N(Cc3ccc(F)cc3)C2=O)c(Br)cc1OCC(=O)O. The van der Waals surface area contributed by atoms with Crippen LogP contribution in [0.25, 0.3) is 6.08 Å². The van der Waals surface area contributed by atoms with Gasteiger partial charge in [0.05, 0.1) is 18.1 Å². The van der Waals surface area contributed by atoms with E-state index in [2.05, 4.69) is 15.9 Å². The van der Waals surface area contributed by atoms with Gasteiger partial charge in [0.25, 0.3) is 11.1 Å². The summed E-state index contributed by atoms with van der Waals surface area (Å²) < 4.78 is 24.4. The fourth-order valence-electron chi connectivity index (χ4n) is 2.73. The third-order valence-corrected chi connectivity index (χ3v) is 5.72. The normalized spacial score (nSPS) is 14.9. The Morgan fingerprint density at radius 3 is 2.52 bits per heavy atom. The van der Waals surface area contributed by atoms with Crippen LogP contribution in [0.3, 0.4) is 0 Å². The molecule has 0 bridgehead atoms. The predicted octanol–water partition coefficient (Wildman–Crippen LogP) is 4.69. The number of nitrogens with zero attached hydrogens (tertiary/aromatic N) is 1. The van der Waals surface area contributed by atoms with Crippen LogP contribution in [0.2, 0.25) is 0 Å². The minimum Gasteiger partial charge on any atom is -0.490 e. The molecule has 0 aromatic heterocycles. The van der Waals surface area contributed by atoms with Gasteiger partial charge in [-0.05, 0) is 60.2 Å². The molecule has 0 unspecified atom stereocenters. The monoisotopic (exact) mass is 509 g/mol. The van der Waals surface area contributed by atoms with Crippen LogP contribution in [0.5, 0.6) is 11.5 Å². The minimum absolute atomic E-state index is 0.0373. The van der Waals surface area contributed by atoms with E-state index in [1.165, 1.54) is 24.3 Å². The van der Waals surface area contributed by atoms with E-state index in [-0.39, 0.29) is 17.2 Å². The molecule has 1 aliphatic rings. The van der Waals surface area contributed by atoms with Crippen molar-refractivity contribution >= 4 is 50.9 Å². The van der Waals surface area contributed by atoms with Gasteiger partial charge in [0.15, 0.2) is 18.1 Å². The number of hydrogen-bond acceptors (Lipinski definition) is 6. The van der Waals surface area contributed by atoms with Crippen molar-refractivity contribution in [3.63, 3.8) is 0 Å². The Bertz CT molecular complexity index is 1060. The van der Waals surface area contributed by atoms with E-state index in [1.54, 1.807) is 25.1 Å². The summed E-state index contributed by atoms with van der Waals surface area (Å²) in [6.07, 6.45) is 1.54. The fourth-order valence-corrected chi connectivity index (χ4v) is 4.00. The van der Waals surface area contributed by atoms with E-state index in [1.807, 2.05) is 0 Å². The van der Waals surface area contributed by atoms with Crippen LogP contribution in [0.4, 0.5) is 9.18 Å². The van der Waals surface area contributed by atoms with Gasteiger partial charge in [0.1, 0.15) is 5.82 Å². The van der Waals surface area contributed by atoms with Gasteiger partial charge in [0.2, 0.25) is 0 Å². The van der Waals surface area contributed by atoms with E-state index in [0.717, 1.165) is 16.7 Å². The number of carboxylic acid groups (broad SMARTS) is 1. The van der Waals surface area contributed by atoms with Crippen molar-refractivity contribution in [2.24, 2.45) is 0 Å². The second-order valence-corrected chi connectivity index (χ2v) is 8.18. The smallest absolute Gasteiger partial charge is 0.341 e. The minimum atomic E-state index is -1.13. The predicted molar refractivity (Wildman–Crippen MR) is 116 cm³/mol. The zero-order chi connectivity index (χ0) is 22.5. The largest absolute Gasteiger partial charge is 0.490 e. The maximum atomic E-state index is 13.1. The molecule has 2 amide bonds. The molecule has 2 aromatic rings. The molecular formula is C21H17BrFNO6S. The molecule has 1 fully saturated rings. The number of carboxylic acids is 1. The van der Waals surface area contributed by atoms with Crippen molar-refractivity contribution in [3.8, 4) is 11.5 Å². The number of ether oxygens (including phenoxy) is 2. The molecule has 0 aliphatic carbocycles. The van der Waals surface area contributed by atoms with Crippen LogP contribution < -0.4 is 9.47 Å². The Kier molecular flexibility index (Phi) is 7.34. The Balaban J connectivity index is 1.85. The molecule has 0 saturated carbocycles. The van der Waals surface area contributed by atoms with Crippen molar-refractivity contribution < 1.29 is 33.4 Å². The number of amides is 2. The molecule has 31 heavy (non-hydrogen) atoms. The lowest BCUT2D eigenvalue weighted by molar-refractivity contribution is -0.139. The van der Waals surface area contributed by atoms with E-state index in [4.69, 9.17) is 14.6 Å². The molecule has 3 rings (SSSR count). The van der Waals surface area contributed by atoms with E-state index in [0.29, 0.717) is 28.0 Å². The first-order valence-corrected chi connectivity index (χ1v) is 10.7. The van der Waals surface area contributed by atoms with Crippen molar-refractivity contribution in [1.29, 1.82) is 0 Å². The number of halogens is 2. The lowest BCUT2D eigenvalue weighted by Crippen LogP contribution is -2.27. The van der Waals surface area contributed by atoms with Gasteiger partial charge in [-0.15, -0.1) is 0 Å². The number of benzene rings is 2. The Labute approximate surface area is 189 Å². The molecule has 0 atom stereocenters. The van der Waals surface area contributed by atoms with Gasteiger partial charge in [-0.2, -0.15) is 0 Å². The molecule has 10 heteroatoms. The van der Waals surface area contributed by atoms with Crippen LogP contribution in [-0.4, -0.2) is 40.3 Å². The summed E-state index contributed by atoms with van der Waals surface area (Å²) in [4.78, 5) is 37.2. The molecule has 0 radical (unpaired) electrons. The van der Waals surface area contributed by atoms with Crippen LogP contribution >= 0.6 is 27.7 Å². The molecule has 2 aromatic carbocycles. The molecule has 162 valence electrons. The number of hydrogen-bond donors (Lipinski definition) is 1. The number of imide groups is 1. The highest BCUT2D eigenvalue weighted by atomic mass is 79.9. The quantitative estimate of drug-likeness (QED) is 0.516. The third kappa shape index (κ3) is 5.65. The second kappa shape index (κ2) is 9.97. The van der Waals surface area contributed by atoms with Gasteiger partial charge in [-0.1, -0.05) is 28.1 Å². The third-order valence-electron chi connectivity index (χ3n) is 4.13. The highest BCUT2D eigenvalue weighted by Crippen LogP contribution is 2.38. The summed E-state index contributed by atoms with van der Waals surface area (Å²) in [5, 5.41) is 8.40. The van der Waals surface area contributed by atoms with Crippen molar-refractivity contribution in [2.75, 3.05) is 13.2 Å². The number of rotatable bonds is 8. The highest BCUT2D eigenvalue weighted by Gasteiger charge is 2.35. The average molecular weight is 510 g/mol. The van der Waals surface area contributed by atoms with Crippen molar-refractivity contribution in [3.05, 3.63) is 62.7 Å². The van der Waals surface area contributed by atoms with Gasteiger partial charge >= 0.3 is 5.97 Å². The summed E-state index contributed by atoms with van der Waals surface area (Å²) in [7, 11) is 0. The van der Waals surface area contributed by atoms with Gasteiger partial charge in [-0.3, -0.25) is 14.5 Å². The first-order chi connectivity index (χ1) is 14.8. The van der Waals surface area contributed by atoms with Crippen LogP contribution in [0.15, 0.2) is 45.8 Å². The lowest BCUT2D eigenvalue weighted by atomic mass is 10.1. The van der Waals surface area contributed by atoms with Gasteiger partial charge in [-0.25, -0.2) is 9.18 Å².